The van der Waals surface area contributed by atoms with Crippen molar-refractivity contribution in [2.24, 2.45) is 0 Å². The topological polar surface area (TPSA) is 39.9 Å². The summed E-state index contributed by atoms with van der Waals surface area (Å²) in [5, 5.41) is 8.34. The van der Waals surface area contributed by atoms with E-state index in [1.54, 1.807) is 7.11 Å². The molecule has 4 nitrogen and oxygen atoms in total. The maximum absolute atomic E-state index is 5.85. The summed E-state index contributed by atoms with van der Waals surface area (Å²) in [5.74, 6) is 2.07. The van der Waals surface area contributed by atoms with Gasteiger partial charge < -0.3 is 9.30 Å². The van der Waals surface area contributed by atoms with Gasteiger partial charge in [0.2, 0.25) is 0 Å². The van der Waals surface area contributed by atoms with Gasteiger partial charge in [0.05, 0.1) is 5.88 Å². The van der Waals surface area contributed by atoms with Crippen molar-refractivity contribution in [3.8, 4) is 0 Å². The number of nitrogens with zero attached hydrogens (tertiary/aromatic N) is 3. The molecule has 1 rings (SSSR count). The second-order valence-corrected chi connectivity index (χ2v) is 4.28. The number of hydrogen-bond acceptors (Lipinski definition) is 3. The van der Waals surface area contributed by atoms with Crippen LogP contribution in [0.1, 0.15) is 45.3 Å². The molecule has 0 aliphatic carbocycles. The molecular formula is C11H20ClN3O. The zero-order chi connectivity index (χ0) is 12.2. The molecule has 0 fully saturated rings. The molecule has 16 heavy (non-hydrogen) atoms. The van der Waals surface area contributed by atoms with E-state index in [1.165, 1.54) is 0 Å². The van der Waals surface area contributed by atoms with Crippen LogP contribution in [-0.2, 0) is 22.8 Å². The van der Waals surface area contributed by atoms with Crippen molar-refractivity contribution >= 4 is 11.6 Å². The molecule has 1 heterocycles. The smallest absolute Gasteiger partial charge is 0.165 e. The van der Waals surface area contributed by atoms with Crippen LogP contribution >= 0.6 is 11.6 Å². The van der Waals surface area contributed by atoms with E-state index in [2.05, 4.69) is 28.6 Å². The quantitative estimate of drug-likeness (QED) is 0.724. The molecule has 1 aromatic rings. The number of halogens is 1. The van der Waals surface area contributed by atoms with Gasteiger partial charge >= 0.3 is 0 Å². The highest BCUT2D eigenvalue weighted by atomic mass is 35.5. The normalized spacial score (nSPS) is 15.1. The van der Waals surface area contributed by atoms with Gasteiger partial charge in [-0.1, -0.05) is 13.8 Å². The number of methoxy groups -OCH3 is 1. The first-order valence-electron chi connectivity index (χ1n) is 5.66. The number of ether oxygens (including phenoxy) is 1. The van der Waals surface area contributed by atoms with Gasteiger partial charge in [-0.3, -0.25) is 0 Å². The Morgan fingerprint density at radius 3 is 2.50 bits per heavy atom. The zero-order valence-electron chi connectivity index (χ0n) is 10.5. The molecule has 0 aliphatic heterocycles. The zero-order valence-corrected chi connectivity index (χ0v) is 11.2. The van der Waals surface area contributed by atoms with Crippen LogP contribution in [0, 0.1) is 0 Å². The predicted molar refractivity (Wildman–Crippen MR) is 64.5 cm³/mol. The first kappa shape index (κ1) is 13.5. The fraction of sp³-hybridized carbons (Fsp3) is 0.818. The summed E-state index contributed by atoms with van der Waals surface area (Å²) >= 11 is 5.85. The molecule has 5 heteroatoms. The van der Waals surface area contributed by atoms with Crippen molar-refractivity contribution in [2.75, 3.05) is 7.11 Å². The third kappa shape index (κ3) is 2.38. The van der Waals surface area contributed by atoms with Crippen molar-refractivity contribution in [3.63, 3.8) is 0 Å². The molecule has 1 unspecified atom stereocenters. The molecule has 0 aliphatic rings. The Morgan fingerprint density at radius 1 is 1.38 bits per heavy atom. The summed E-state index contributed by atoms with van der Waals surface area (Å²) in [7, 11) is 1.70. The van der Waals surface area contributed by atoms with E-state index in [1.807, 2.05) is 6.92 Å². The third-order valence-corrected chi connectivity index (χ3v) is 3.23. The van der Waals surface area contributed by atoms with Crippen LogP contribution in [0.4, 0.5) is 0 Å². The van der Waals surface area contributed by atoms with Gasteiger partial charge in [-0.25, -0.2) is 0 Å². The van der Waals surface area contributed by atoms with Crippen LogP contribution in [0.3, 0.4) is 0 Å². The second-order valence-electron chi connectivity index (χ2n) is 4.01. The monoisotopic (exact) mass is 245 g/mol. The van der Waals surface area contributed by atoms with E-state index < -0.39 is 0 Å². The Morgan fingerprint density at radius 2 is 2.06 bits per heavy atom. The molecular weight excluding hydrogens is 226 g/mol. The molecule has 0 spiro atoms. The molecule has 92 valence electrons. The van der Waals surface area contributed by atoms with Gasteiger partial charge in [-0.05, 0) is 19.8 Å². The highest BCUT2D eigenvalue weighted by Gasteiger charge is 2.31. The van der Waals surface area contributed by atoms with Crippen LogP contribution in [0.25, 0.3) is 0 Å². The number of alkyl halides is 1. The minimum absolute atomic E-state index is 0.382. The lowest BCUT2D eigenvalue weighted by molar-refractivity contribution is -0.0122. The lowest BCUT2D eigenvalue weighted by atomic mass is 10.0. The highest BCUT2D eigenvalue weighted by molar-refractivity contribution is 6.16. The average Bonchev–Trinajstić information content (AvgIpc) is 2.72. The Bertz CT molecular complexity index is 334. The Labute approximate surface area is 102 Å². The molecule has 0 aromatic carbocycles. The van der Waals surface area contributed by atoms with Gasteiger partial charge in [0.1, 0.15) is 11.4 Å². The summed E-state index contributed by atoms with van der Waals surface area (Å²) in [6.07, 6.45) is 1.88. The summed E-state index contributed by atoms with van der Waals surface area (Å²) in [6.45, 7) is 7.11. The van der Waals surface area contributed by atoms with Crippen LogP contribution in [-0.4, -0.2) is 21.9 Å². The molecule has 0 amide bonds. The molecule has 1 atom stereocenters. The highest BCUT2D eigenvalue weighted by Crippen LogP contribution is 2.27. The molecule has 0 bridgehead atoms. The number of aromatic nitrogens is 3. The van der Waals surface area contributed by atoms with E-state index in [-0.39, 0.29) is 5.60 Å². The summed E-state index contributed by atoms with van der Waals surface area (Å²) < 4.78 is 7.62. The fourth-order valence-electron chi connectivity index (χ4n) is 1.68. The van der Waals surface area contributed by atoms with Gasteiger partial charge in [-0.2, -0.15) is 0 Å². The average molecular weight is 246 g/mol. The summed E-state index contributed by atoms with van der Waals surface area (Å²) in [6, 6.07) is 0. The standard InChI is InChI=1S/C11H20ClN3O/c1-5-7-15-9(8-12)13-14-10(15)11(3,6-2)16-4/h5-8H2,1-4H3. The van der Waals surface area contributed by atoms with E-state index in [0.717, 1.165) is 31.0 Å². The molecule has 1 aromatic heterocycles. The van der Waals surface area contributed by atoms with Gasteiger partial charge in [0, 0.05) is 13.7 Å². The third-order valence-electron chi connectivity index (χ3n) is 2.99. The Hall–Kier alpha value is -0.610. The van der Waals surface area contributed by atoms with E-state index in [4.69, 9.17) is 16.3 Å². The maximum Gasteiger partial charge on any atom is 0.165 e. The van der Waals surface area contributed by atoms with Crippen LogP contribution in [0.2, 0.25) is 0 Å². The van der Waals surface area contributed by atoms with Crippen LogP contribution in [0.15, 0.2) is 0 Å². The summed E-state index contributed by atoms with van der Waals surface area (Å²) in [4.78, 5) is 0. The molecule has 0 saturated heterocycles. The molecule has 0 saturated carbocycles. The van der Waals surface area contributed by atoms with Crippen molar-refractivity contribution in [2.45, 2.75) is 51.6 Å². The van der Waals surface area contributed by atoms with E-state index in [9.17, 15) is 0 Å². The van der Waals surface area contributed by atoms with Gasteiger partial charge in [0.25, 0.3) is 0 Å². The first-order valence-corrected chi connectivity index (χ1v) is 6.20. The molecule has 0 radical (unpaired) electrons. The van der Waals surface area contributed by atoms with Gasteiger partial charge in [0.15, 0.2) is 5.82 Å². The van der Waals surface area contributed by atoms with Crippen molar-refractivity contribution < 1.29 is 4.74 Å². The fourth-order valence-corrected chi connectivity index (χ4v) is 1.88. The minimum atomic E-state index is -0.382. The second kappa shape index (κ2) is 5.64. The Balaban J connectivity index is 3.16. The van der Waals surface area contributed by atoms with E-state index >= 15 is 0 Å². The maximum atomic E-state index is 5.85. The predicted octanol–water partition coefficient (Wildman–Crippen LogP) is 2.70. The van der Waals surface area contributed by atoms with Crippen LogP contribution < -0.4 is 0 Å². The Kier molecular flexibility index (Phi) is 4.74. The van der Waals surface area contributed by atoms with Gasteiger partial charge in [-0.15, -0.1) is 21.8 Å². The SMILES string of the molecule is CCCn1c(CCl)nnc1C(C)(CC)OC. The van der Waals surface area contributed by atoms with Crippen molar-refractivity contribution in [1.82, 2.24) is 14.8 Å². The van der Waals surface area contributed by atoms with Crippen LogP contribution in [0.5, 0.6) is 0 Å². The largest absolute Gasteiger partial charge is 0.371 e. The first-order chi connectivity index (χ1) is 7.62. The van der Waals surface area contributed by atoms with Crippen molar-refractivity contribution in [3.05, 3.63) is 11.6 Å². The molecule has 0 N–H and O–H groups in total. The number of rotatable bonds is 6. The van der Waals surface area contributed by atoms with Crippen molar-refractivity contribution in [1.29, 1.82) is 0 Å². The number of hydrogen-bond donors (Lipinski definition) is 0. The minimum Gasteiger partial charge on any atom is -0.371 e. The summed E-state index contributed by atoms with van der Waals surface area (Å²) in [5.41, 5.74) is -0.382. The lowest BCUT2D eigenvalue weighted by Gasteiger charge is -2.26. The lowest BCUT2D eigenvalue weighted by Crippen LogP contribution is -2.28. The van der Waals surface area contributed by atoms with E-state index in [0.29, 0.717) is 5.88 Å².